The van der Waals surface area contributed by atoms with Crippen LogP contribution >= 0.6 is 0 Å². The van der Waals surface area contributed by atoms with Gasteiger partial charge < -0.3 is 20.3 Å². The van der Waals surface area contributed by atoms with Gasteiger partial charge in [0.25, 0.3) is 0 Å². The molecule has 3 fully saturated rings. The highest BCUT2D eigenvalue weighted by Crippen LogP contribution is 2.30. The highest BCUT2D eigenvalue weighted by molar-refractivity contribution is 5.95. The lowest BCUT2D eigenvalue weighted by Gasteiger charge is -2.43. The van der Waals surface area contributed by atoms with Crippen LogP contribution in [0.25, 0.3) is 0 Å². The number of rotatable bonds is 3. The molecule has 7 heteroatoms. The van der Waals surface area contributed by atoms with Gasteiger partial charge in [-0.25, -0.2) is 9.18 Å². The van der Waals surface area contributed by atoms with Crippen molar-refractivity contribution < 1.29 is 18.7 Å². The quantitative estimate of drug-likeness (QED) is 0.780. The lowest BCUT2D eigenvalue weighted by Crippen LogP contribution is -2.55. The maximum absolute atomic E-state index is 14.3. The maximum Gasteiger partial charge on any atom is 0.322 e. The largest absolute Gasteiger partial charge is 0.374 e. The second-order valence-corrected chi connectivity index (χ2v) is 8.40. The third-order valence-electron chi connectivity index (χ3n) is 6.44. The molecule has 1 saturated heterocycles. The fourth-order valence-corrected chi connectivity index (χ4v) is 4.84. The number of urea groups is 1. The first-order valence-corrected chi connectivity index (χ1v) is 10.9. The molecule has 2 N–H and O–H groups in total. The monoisotopic (exact) mass is 403 g/mol. The number of nitrogens with one attached hydrogen (secondary N) is 2. The average Bonchev–Trinajstić information content (AvgIpc) is 2.76. The zero-order chi connectivity index (χ0) is 20.2. The third kappa shape index (κ3) is 4.71. The normalized spacial score (nSPS) is 25.2. The average molecular weight is 403 g/mol. The molecule has 4 rings (SSSR count). The molecule has 29 heavy (non-hydrogen) atoms. The smallest absolute Gasteiger partial charge is 0.322 e. The fraction of sp³-hybridized carbons (Fsp3) is 0.636. The Hall–Kier alpha value is -2.15. The SMILES string of the molecule is O=C(Nc1cc(NC(=O)N2CCO[C@@H]3CCCC[C@H]32)ccc1F)C1CCCCC1. The molecule has 0 unspecified atom stereocenters. The molecule has 1 aromatic rings. The summed E-state index contributed by atoms with van der Waals surface area (Å²) in [6, 6.07) is 4.23. The van der Waals surface area contributed by atoms with E-state index in [9.17, 15) is 14.0 Å². The first kappa shape index (κ1) is 20.1. The Morgan fingerprint density at radius 2 is 1.76 bits per heavy atom. The minimum atomic E-state index is -0.495. The highest BCUT2D eigenvalue weighted by atomic mass is 19.1. The van der Waals surface area contributed by atoms with Crippen LogP contribution in [-0.4, -0.2) is 42.1 Å². The van der Waals surface area contributed by atoms with Gasteiger partial charge in [0.15, 0.2) is 0 Å². The van der Waals surface area contributed by atoms with Crippen LogP contribution < -0.4 is 10.6 Å². The Labute approximate surface area is 171 Å². The van der Waals surface area contributed by atoms with Crippen molar-refractivity contribution in [3.8, 4) is 0 Å². The van der Waals surface area contributed by atoms with Crippen LogP contribution in [0.3, 0.4) is 0 Å². The second kappa shape index (κ2) is 9.11. The number of amides is 3. The summed E-state index contributed by atoms with van der Waals surface area (Å²) in [4.78, 5) is 27.2. The number of nitrogens with zero attached hydrogens (tertiary/aromatic N) is 1. The van der Waals surface area contributed by atoms with Crippen molar-refractivity contribution in [2.24, 2.45) is 5.92 Å². The molecule has 1 aliphatic heterocycles. The molecule has 6 nitrogen and oxygen atoms in total. The van der Waals surface area contributed by atoms with E-state index in [2.05, 4.69) is 10.6 Å². The number of carbonyl (C=O) groups excluding carboxylic acids is 2. The summed E-state index contributed by atoms with van der Waals surface area (Å²) >= 11 is 0. The lowest BCUT2D eigenvalue weighted by atomic mass is 9.88. The van der Waals surface area contributed by atoms with Gasteiger partial charge >= 0.3 is 6.03 Å². The van der Waals surface area contributed by atoms with Gasteiger partial charge in [-0.3, -0.25) is 4.79 Å². The minimum Gasteiger partial charge on any atom is -0.374 e. The van der Waals surface area contributed by atoms with Gasteiger partial charge in [-0.05, 0) is 43.9 Å². The second-order valence-electron chi connectivity index (χ2n) is 8.40. The van der Waals surface area contributed by atoms with E-state index >= 15 is 0 Å². The molecule has 158 valence electrons. The van der Waals surface area contributed by atoms with Crippen molar-refractivity contribution in [1.29, 1.82) is 0 Å². The molecule has 1 heterocycles. The summed E-state index contributed by atoms with van der Waals surface area (Å²) < 4.78 is 20.1. The summed E-state index contributed by atoms with van der Waals surface area (Å²) in [5.41, 5.74) is 0.602. The standard InChI is InChI=1S/C22H30FN3O3/c23-17-11-10-16(14-18(17)25-21(27)15-6-2-1-3-7-15)24-22(28)26-12-13-29-20-9-5-4-8-19(20)26/h10-11,14-15,19-20H,1-9,12-13H2,(H,24,28)(H,25,27)/t19-,20-/m1/s1. The van der Waals surface area contributed by atoms with E-state index in [1.807, 2.05) is 4.90 Å². The third-order valence-corrected chi connectivity index (χ3v) is 6.44. The molecule has 0 aromatic heterocycles. The van der Waals surface area contributed by atoms with Crippen LogP contribution in [0, 0.1) is 11.7 Å². The van der Waals surface area contributed by atoms with Crippen LogP contribution in [-0.2, 0) is 9.53 Å². The summed E-state index contributed by atoms with van der Waals surface area (Å²) in [5.74, 6) is -0.686. The topological polar surface area (TPSA) is 70.7 Å². The van der Waals surface area contributed by atoms with E-state index in [4.69, 9.17) is 4.74 Å². The molecule has 2 atom stereocenters. The number of carbonyl (C=O) groups is 2. The zero-order valence-corrected chi connectivity index (χ0v) is 16.8. The van der Waals surface area contributed by atoms with Crippen molar-refractivity contribution in [2.75, 3.05) is 23.8 Å². The molecule has 0 radical (unpaired) electrons. The minimum absolute atomic E-state index is 0.0574. The van der Waals surface area contributed by atoms with Crippen molar-refractivity contribution in [3.05, 3.63) is 24.0 Å². The van der Waals surface area contributed by atoms with Gasteiger partial charge in [0, 0.05) is 18.2 Å². The number of anilines is 2. The Morgan fingerprint density at radius 1 is 1.00 bits per heavy atom. The van der Waals surface area contributed by atoms with Crippen molar-refractivity contribution >= 4 is 23.3 Å². The number of benzene rings is 1. The summed E-state index contributed by atoms with van der Waals surface area (Å²) in [6.07, 6.45) is 9.22. The predicted molar refractivity (Wildman–Crippen MR) is 109 cm³/mol. The first-order chi connectivity index (χ1) is 14.1. The van der Waals surface area contributed by atoms with E-state index in [-0.39, 0.29) is 35.7 Å². The summed E-state index contributed by atoms with van der Waals surface area (Å²) in [7, 11) is 0. The van der Waals surface area contributed by atoms with Crippen molar-refractivity contribution in [1.82, 2.24) is 4.90 Å². The number of hydrogen-bond acceptors (Lipinski definition) is 3. The van der Waals surface area contributed by atoms with Gasteiger partial charge in [-0.1, -0.05) is 32.1 Å². The van der Waals surface area contributed by atoms with Gasteiger partial charge in [0.2, 0.25) is 5.91 Å². The number of hydrogen-bond donors (Lipinski definition) is 2. The molecule has 2 aliphatic carbocycles. The van der Waals surface area contributed by atoms with E-state index < -0.39 is 5.82 Å². The van der Waals surface area contributed by atoms with Crippen molar-refractivity contribution in [2.45, 2.75) is 69.9 Å². The number of morpholine rings is 1. The van der Waals surface area contributed by atoms with Crippen molar-refractivity contribution in [3.63, 3.8) is 0 Å². The molecular formula is C22H30FN3O3. The molecule has 0 spiro atoms. The molecular weight excluding hydrogens is 373 g/mol. The molecule has 1 aromatic carbocycles. The van der Waals surface area contributed by atoms with Crippen LogP contribution in [0.5, 0.6) is 0 Å². The highest BCUT2D eigenvalue weighted by Gasteiger charge is 2.36. The number of fused-ring (bicyclic) bond motifs is 1. The molecule has 3 aliphatic rings. The van der Waals surface area contributed by atoms with Crippen LogP contribution in [0.2, 0.25) is 0 Å². The lowest BCUT2D eigenvalue weighted by molar-refractivity contribution is -0.120. The van der Waals surface area contributed by atoms with Crippen LogP contribution in [0.1, 0.15) is 57.8 Å². The Balaban J connectivity index is 1.41. The van der Waals surface area contributed by atoms with Crippen LogP contribution in [0.4, 0.5) is 20.6 Å². The van der Waals surface area contributed by atoms with Gasteiger partial charge in [0.1, 0.15) is 5.82 Å². The van der Waals surface area contributed by atoms with E-state index in [1.165, 1.54) is 18.2 Å². The molecule has 2 saturated carbocycles. The van der Waals surface area contributed by atoms with Gasteiger partial charge in [-0.15, -0.1) is 0 Å². The van der Waals surface area contributed by atoms with Gasteiger partial charge in [-0.2, -0.15) is 0 Å². The summed E-state index contributed by atoms with van der Waals surface area (Å²) in [6.45, 7) is 1.10. The van der Waals surface area contributed by atoms with E-state index in [0.717, 1.165) is 57.8 Å². The van der Waals surface area contributed by atoms with Gasteiger partial charge in [0.05, 0.1) is 24.4 Å². The van der Waals surface area contributed by atoms with E-state index in [0.29, 0.717) is 18.8 Å². The van der Waals surface area contributed by atoms with Crippen LogP contribution in [0.15, 0.2) is 18.2 Å². The molecule has 0 bridgehead atoms. The summed E-state index contributed by atoms with van der Waals surface area (Å²) in [5, 5.41) is 5.60. The Kier molecular flexibility index (Phi) is 6.33. The maximum atomic E-state index is 14.3. The molecule has 3 amide bonds. The number of ether oxygens (including phenoxy) is 1. The first-order valence-electron chi connectivity index (χ1n) is 10.9. The van der Waals surface area contributed by atoms with E-state index in [1.54, 1.807) is 0 Å². The fourth-order valence-electron chi connectivity index (χ4n) is 4.84. The Bertz CT molecular complexity index is 749. The Morgan fingerprint density at radius 3 is 2.59 bits per heavy atom. The zero-order valence-electron chi connectivity index (χ0n) is 16.8. The number of halogens is 1. The predicted octanol–water partition coefficient (Wildman–Crippen LogP) is 4.52.